The van der Waals surface area contributed by atoms with E-state index in [1.807, 2.05) is 30.3 Å². The molecule has 24 heavy (non-hydrogen) atoms. The third kappa shape index (κ3) is 3.74. The summed E-state index contributed by atoms with van der Waals surface area (Å²) in [6.07, 6.45) is 0.887. The third-order valence-corrected chi connectivity index (χ3v) is 4.12. The number of carbonyl (C=O) groups is 2. The molecule has 1 fully saturated rings. The van der Waals surface area contributed by atoms with E-state index in [-0.39, 0.29) is 18.9 Å². The van der Waals surface area contributed by atoms with Gasteiger partial charge in [0, 0.05) is 25.1 Å². The first-order valence-electron chi connectivity index (χ1n) is 7.93. The predicted octanol–water partition coefficient (Wildman–Crippen LogP) is 2.75. The Kier molecular flexibility index (Phi) is 4.79. The number of rotatable bonds is 6. The molecule has 5 nitrogen and oxygen atoms in total. The lowest BCUT2D eigenvalue weighted by Gasteiger charge is -2.16. The first kappa shape index (κ1) is 16.1. The van der Waals surface area contributed by atoms with Gasteiger partial charge in [-0.15, -0.1) is 0 Å². The van der Waals surface area contributed by atoms with E-state index in [4.69, 9.17) is 9.84 Å². The van der Waals surface area contributed by atoms with Crippen molar-refractivity contribution in [2.75, 3.05) is 18.1 Å². The van der Waals surface area contributed by atoms with E-state index < -0.39 is 11.9 Å². The molecule has 0 saturated carbocycles. The van der Waals surface area contributed by atoms with Gasteiger partial charge >= 0.3 is 5.97 Å². The summed E-state index contributed by atoms with van der Waals surface area (Å²) in [6.45, 7) is 0.801. The maximum Gasteiger partial charge on any atom is 0.308 e. The summed E-state index contributed by atoms with van der Waals surface area (Å²) < 4.78 is 5.72. The van der Waals surface area contributed by atoms with Crippen molar-refractivity contribution in [3.05, 3.63) is 60.2 Å². The van der Waals surface area contributed by atoms with Crippen LogP contribution >= 0.6 is 0 Å². The van der Waals surface area contributed by atoms with Crippen molar-refractivity contribution >= 4 is 17.6 Å². The standard InChI is InChI=1S/C19H19NO4/c21-18-12-15(19(22)23)13-20(18)16-6-8-17(9-7-16)24-11-10-14-4-2-1-3-5-14/h1-9,15H,10-13H2,(H,22,23). The fraction of sp³-hybridized carbons (Fsp3) is 0.263. The minimum absolute atomic E-state index is 0.0602. The molecule has 1 aliphatic heterocycles. The van der Waals surface area contributed by atoms with Crippen LogP contribution in [0.3, 0.4) is 0 Å². The van der Waals surface area contributed by atoms with Crippen LogP contribution in [0.5, 0.6) is 5.75 Å². The fourth-order valence-corrected chi connectivity index (χ4v) is 2.78. The molecule has 1 unspecified atom stereocenters. The number of hydrogen-bond donors (Lipinski definition) is 1. The minimum atomic E-state index is -0.924. The van der Waals surface area contributed by atoms with Gasteiger partial charge in [-0.3, -0.25) is 9.59 Å². The average Bonchev–Trinajstić information content (AvgIpc) is 2.99. The van der Waals surface area contributed by atoms with E-state index in [1.165, 1.54) is 10.5 Å². The molecule has 1 atom stereocenters. The predicted molar refractivity (Wildman–Crippen MR) is 90.2 cm³/mol. The van der Waals surface area contributed by atoms with E-state index >= 15 is 0 Å². The van der Waals surface area contributed by atoms with Crippen molar-refractivity contribution in [2.45, 2.75) is 12.8 Å². The number of ether oxygens (including phenoxy) is 1. The zero-order valence-corrected chi connectivity index (χ0v) is 13.2. The summed E-state index contributed by atoms with van der Waals surface area (Å²) in [4.78, 5) is 24.5. The SMILES string of the molecule is O=C(O)C1CC(=O)N(c2ccc(OCCc3ccccc3)cc2)C1. The van der Waals surface area contributed by atoms with Gasteiger partial charge in [-0.2, -0.15) is 0 Å². The highest BCUT2D eigenvalue weighted by Gasteiger charge is 2.34. The molecule has 5 heteroatoms. The Morgan fingerprint density at radius 3 is 2.46 bits per heavy atom. The van der Waals surface area contributed by atoms with Crippen molar-refractivity contribution in [3.63, 3.8) is 0 Å². The summed E-state index contributed by atoms with van der Waals surface area (Å²) in [7, 11) is 0. The molecule has 1 N–H and O–H groups in total. The molecule has 2 aromatic rings. The van der Waals surface area contributed by atoms with E-state index in [9.17, 15) is 9.59 Å². The number of carboxylic acids is 1. The zero-order chi connectivity index (χ0) is 16.9. The number of nitrogens with zero attached hydrogens (tertiary/aromatic N) is 1. The Labute approximate surface area is 140 Å². The van der Waals surface area contributed by atoms with Crippen LogP contribution in [0.25, 0.3) is 0 Å². The summed E-state index contributed by atoms with van der Waals surface area (Å²) in [5.74, 6) is -0.970. The smallest absolute Gasteiger partial charge is 0.308 e. The van der Waals surface area contributed by atoms with Crippen LogP contribution in [0.2, 0.25) is 0 Å². The Morgan fingerprint density at radius 2 is 1.83 bits per heavy atom. The fourth-order valence-electron chi connectivity index (χ4n) is 2.78. The number of benzene rings is 2. The van der Waals surface area contributed by atoms with Crippen molar-refractivity contribution < 1.29 is 19.4 Å². The van der Waals surface area contributed by atoms with Gasteiger partial charge in [0.1, 0.15) is 5.75 Å². The summed E-state index contributed by atoms with van der Waals surface area (Å²) in [6, 6.07) is 17.3. The van der Waals surface area contributed by atoms with Crippen LogP contribution in [0.15, 0.2) is 54.6 Å². The van der Waals surface area contributed by atoms with E-state index in [2.05, 4.69) is 12.1 Å². The first-order chi connectivity index (χ1) is 11.6. The number of aliphatic carboxylic acids is 1. The molecule has 3 rings (SSSR count). The van der Waals surface area contributed by atoms with Gasteiger partial charge < -0.3 is 14.7 Å². The Bertz CT molecular complexity index is 712. The molecule has 1 amide bonds. The second-order valence-electron chi connectivity index (χ2n) is 5.82. The number of amides is 1. The highest BCUT2D eigenvalue weighted by Crippen LogP contribution is 2.27. The van der Waals surface area contributed by atoms with Crippen molar-refractivity contribution in [1.82, 2.24) is 0 Å². The van der Waals surface area contributed by atoms with Gasteiger partial charge in [-0.05, 0) is 29.8 Å². The van der Waals surface area contributed by atoms with Gasteiger partial charge in [-0.1, -0.05) is 30.3 Å². The van der Waals surface area contributed by atoms with Gasteiger partial charge in [0.25, 0.3) is 0 Å². The highest BCUT2D eigenvalue weighted by molar-refractivity contribution is 5.99. The molecule has 2 aromatic carbocycles. The molecule has 0 aromatic heterocycles. The largest absolute Gasteiger partial charge is 0.493 e. The van der Waals surface area contributed by atoms with Gasteiger partial charge in [0.2, 0.25) is 5.91 Å². The van der Waals surface area contributed by atoms with E-state index in [1.54, 1.807) is 12.1 Å². The van der Waals surface area contributed by atoms with Gasteiger partial charge in [0.05, 0.1) is 12.5 Å². The molecular formula is C19H19NO4. The molecule has 0 aliphatic carbocycles. The maximum absolute atomic E-state index is 11.9. The second-order valence-corrected chi connectivity index (χ2v) is 5.82. The lowest BCUT2D eigenvalue weighted by Crippen LogP contribution is -2.25. The molecule has 1 aliphatic rings. The van der Waals surface area contributed by atoms with Crippen molar-refractivity contribution in [2.24, 2.45) is 5.92 Å². The van der Waals surface area contributed by atoms with Crippen LogP contribution in [-0.2, 0) is 16.0 Å². The summed E-state index contributed by atoms with van der Waals surface area (Å²) in [5.41, 5.74) is 1.93. The molecule has 1 saturated heterocycles. The molecule has 0 radical (unpaired) electrons. The summed E-state index contributed by atoms with van der Waals surface area (Å²) >= 11 is 0. The van der Waals surface area contributed by atoms with Crippen LogP contribution in [0.4, 0.5) is 5.69 Å². The molecule has 0 spiro atoms. The zero-order valence-electron chi connectivity index (χ0n) is 13.2. The molecule has 124 valence electrons. The Morgan fingerprint density at radius 1 is 1.12 bits per heavy atom. The van der Waals surface area contributed by atoms with Crippen molar-refractivity contribution in [1.29, 1.82) is 0 Å². The number of carboxylic acid groups (broad SMARTS) is 1. The minimum Gasteiger partial charge on any atom is -0.493 e. The number of carbonyl (C=O) groups excluding carboxylic acids is 1. The molecule has 0 bridgehead atoms. The van der Waals surface area contributed by atoms with Gasteiger partial charge in [0.15, 0.2) is 0 Å². The Hall–Kier alpha value is -2.82. The Balaban J connectivity index is 1.56. The summed E-state index contributed by atoms with van der Waals surface area (Å²) in [5, 5.41) is 9.03. The third-order valence-electron chi connectivity index (χ3n) is 4.12. The van der Waals surface area contributed by atoms with Crippen LogP contribution in [0, 0.1) is 5.92 Å². The monoisotopic (exact) mass is 325 g/mol. The first-order valence-corrected chi connectivity index (χ1v) is 7.93. The van der Waals surface area contributed by atoms with Crippen molar-refractivity contribution in [3.8, 4) is 5.75 Å². The highest BCUT2D eigenvalue weighted by atomic mass is 16.5. The van der Waals surface area contributed by atoms with Crippen LogP contribution in [-0.4, -0.2) is 30.1 Å². The quantitative estimate of drug-likeness (QED) is 0.887. The maximum atomic E-state index is 11.9. The number of anilines is 1. The van der Waals surface area contributed by atoms with Gasteiger partial charge in [-0.25, -0.2) is 0 Å². The second kappa shape index (κ2) is 7.17. The van der Waals surface area contributed by atoms with Crippen LogP contribution in [0.1, 0.15) is 12.0 Å². The number of hydrogen-bond acceptors (Lipinski definition) is 3. The topological polar surface area (TPSA) is 66.8 Å². The molecule has 1 heterocycles. The lowest BCUT2D eigenvalue weighted by atomic mass is 10.1. The molecular weight excluding hydrogens is 306 g/mol. The lowest BCUT2D eigenvalue weighted by molar-refractivity contribution is -0.141. The van der Waals surface area contributed by atoms with E-state index in [0.29, 0.717) is 12.3 Å². The van der Waals surface area contributed by atoms with E-state index in [0.717, 1.165) is 12.2 Å². The van der Waals surface area contributed by atoms with Crippen LogP contribution < -0.4 is 9.64 Å². The average molecular weight is 325 g/mol. The normalized spacial score (nSPS) is 17.1.